The van der Waals surface area contributed by atoms with E-state index in [0.29, 0.717) is 13.2 Å². The average molecular weight is 129 g/mol. The lowest BCUT2D eigenvalue weighted by Gasteiger charge is -2.13. The molecule has 2 nitrogen and oxygen atoms in total. The van der Waals surface area contributed by atoms with Crippen LogP contribution in [0.3, 0.4) is 0 Å². The predicted octanol–water partition coefficient (Wildman–Crippen LogP) is 1.10. The predicted molar refractivity (Wildman–Crippen MR) is 38.7 cm³/mol. The quantitative estimate of drug-likeness (QED) is 0.408. The molecule has 0 saturated heterocycles. The van der Waals surface area contributed by atoms with Crippen LogP contribution in [-0.2, 0) is 9.47 Å². The third-order valence-corrected chi connectivity index (χ3v) is 0.934. The van der Waals surface area contributed by atoms with Gasteiger partial charge in [-0.3, -0.25) is 0 Å². The Morgan fingerprint density at radius 3 is 1.89 bits per heavy atom. The Labute approximate surface area is 57.8 Å². The minimum absolute atomic E-state index is 0.111. The van der Waals surface area contributed by atoms with Gasteiger partial charge in [-0.15, -0.1) is 0 Å². The van der Waals surface area contributed by atoms with Gasteiger partial charge in [-0.25, -0.2) is 0 Å². The Balaban J connectivity index is 3.18. The van der Waals surface area contributed by atoms with Gasteiger partial charge in [0.1, 0.15) is 6.19 Å². The molecular formula is C6H14BO2. The van der Waals surface area contributed by atoms with Crippen LogP contribution in [0.15, 0.2) is 0 Å². The van der Waals surface area contributed by atoms with Crippen LogP contribution in [0.2, 0.25) is 6.82 Å². The number of ether oxygens (including phenoxy) is 2. The van der Waals surface area contributed by atoms with Crippen LogP contribution in [0.25, 0.3) is 0 Å². The molecule has 0 amide bonds. The zero-order chi connectivity index (χ0) is 7.11. The Morgan fingerprint density at radius 2 is 1.67 bits per heavy atom. The van der Waals surface area contributed by atoms with E-state index in [1.54, 1.807) is 0 Å². The van der Waals surface area contributed by atoms with Crippen LogP contribution in [0, 0.1) is 0 Å². The molecule has 53 valence electrons. The fourth-order valence-corrected chi connectivity index (χ4v) is 0.569. The van der Waals surface area contributed by atoms with Gasteiger partial charge in [0.05, 0.1) is 0 Å². The average Bonchev–Trinajstić information content (AvgIpc) is 1.88. The van der Waals surface area contributed by atoms with Crippen LogP contribution < -0.4 is 0 Å². The summed E-state index contributed by atoms with van der Waals surface area (Å²) in [6.07, 6.45) is -0.111. The van der Waals surface area contributed by atoms with Crippen LogP contribution in [0.1, 0.15) is 13.8 Å². The molecule has 0 aromatic heterocycles. The molecule has 0 unspecified atom stereocenters. The minimum atomic E-state index is -0.111. The first-order valence-electron chi connectivity index (χ1n) is 3.37. The van der Waals surface area contributed by atoms with E-state index >= 15 is 0 Å². The van der Waals surface area contributed by atoms with Gasteiger partial charge in [0.25, 0.3) is 0 Å². The molecule has 0 aliphatic rings. The fraction of sp³-hybridized carbons (Fsp3) is 1.00. The largest absolute Gasteiger partial charge is 0.362 e. The van der Waals surface area contributed by atoms with E-state index < -0.39 is 0 Å². The summed E-state index contributed by atoms with van der Waals surface area (Å²) >= 11 is 0. The van der Waals surface area contributed by atoms with E-state index in [1.807, 2.05) is 28.0 Å². The van der Waals surface area contributed by atoms with E-state index in [1.165, 1.54) is 0 Å². The van der Waals surface area contributed by atoms with E-state index in [2.05, 4.69) is 0 Å². The van der Waals surface area contributed by atoms with Gasteiger partial charge in [-0.1, -0.05) is 6.82 Å². The summed E-state index contributed by atoms with van der Waals surface area (Å²) in [7, 11) is 1.90. The van der Waals surface area contributed by atoms with Crippen molar-refractivity contribution in [2.24, 2.45) is 0 Å². The Kier molecular flexibility index (Phi) is 6.10. The third kappa shape index (κ3) is 4.49. The van der Waals surface area contributed by atoms with Gasteiger partial charge in [-0.2, -0.15) is 0 Å². The molecule has 3 heteroatoms. The van der Waals surface area contributed by atoms with Crippen molar-refractivity contribution in [2.45, 2.75) is 26.9 Å². The fourth-order valence-electron chi connectivity index (χ4n) is 0.569. The zero-order valence-corrected chi connectivity index (χ0v) is 6.39. The van der Waals surface area contributed by atoms with Gasteiger partial charge >= 0.3 is 0 Å². The van der Waals surface area contributed by atoms with Gasteiger partial charge in [0.2, 0.25) is 0 Å². The molecule has 0 rings (SSSR count). The molecular weight excluding hydrogens is 115 g/mol. The molecule has 1 radical (unpaired) electrons. The molecule has 0 fully saturated rings. The molecule has 0 aliphatic carbocycles. The summed E-state index contributed by atoms with van der Waals surface area (Å²) in [5, 5.41) is 0. The standard InChI is InChI=1S/C6H14BO2/c1-4-8-6(7-3)9-5-2/h6H,4-5H2,1-3H3. The highest BCUT2D eigenvalue weighted by molar-refractivity contribution is 6.34. The highest BCUT2D eigenvalue weighted by atomic mass is 16.7. The number of rotatable bonds is 5. The zero-order valence-electron chi connectivity index (χ0n) is 6.39. The van der Waals surface area contributed by atoms with Crippen molar-refractivity contribution in [2.75, 3.05) is 13.2 Å². The lowest BCUT2D eigenvalue weighted by atomic mass is 9.81. The summed E-state index contributed by atoms with van der Waals surface area (Å²) in [5.41, 5.74) is 0. The van der Waals surface area contributed by atoms with E-state index in [4.69, 9.17) is 9.47 Å². The summed E-state index contributed by atoms with van der Waals surface area (Å²) in [5.74, 6) is 0. The summed E-state index contributed by atoms with van der Waals surface area (Å²) < 4.78 is 10.3. The molecule has 0 aromatic rings. The maximum Gasteiger partial charge on any atom is 0.183 e. The highest BCUT2D eigenvalue weighted by Gasteiger charge is 2.02. The first kappa shape index (κ1) is 8.98. The maximum absolute atomic E-state index is 5.15. The van der Waals surface area contributed by atoms with E-state index in [0.717, 1.165) is 0 Å². The van der Waals surface area contributed by atoms with Crippen LogP contribution in [-0.4, -0.2) is 26.7 Å². The number of hydrogen-bond donors (Lipinski definition) is 0. The van der Waals surface area contributed by atoms with Crippen molar-refractivity contribution < 1.29 is 9.47 Å². The maximum atomic E-state index is 5.15. The third-order valence-electron chi connectivity index (χ3n) is 0.934. The number of hydrogen-bond acceptors (Lipinski definition) is 2. The van der Waals surface area contributed by atoms with Crippen molar-refractivity contribution in [1.29, 1.82) is 0 Å². The van der Waals surface area contributed by atoms with Crippen LogP contribution in [0.4, 0.5) is 0 Å². The second-order valence-corrected chi connectivity index (χ2v) is 1.61. The van der Waals surface area contributed by atoms with Crippen molar-refractivity contribution in [3.8, 4) is 0 Å². The second kappa shape index (κ2) is 6.11. The molecule has 0 N–H and O–H groups in total. The van der Waals surface area contributed by atoms with Gasteiger partial charge in [0.15, 0.2) is 7.28 Å². The molecule has 0 bridgehead atoms. The van der Waals surface area contributed by atoms with E-state index in [9.17, 15) is 0 Å². The summed E-state index contributed by atoms with van der Waals surface area (Å²) in [6.45, 7) is 7.24. The molecule has 9 heavy (non-hydrogen) atoms. The Hall–Kier alpha value is -0.0151. The SMILES string of the molecule is C[B]C(OCC)OCC. The van der Waals surface area contributed by atoms with Crippen molar-refractivity contribution >= 4 is 7.28 Å². The highest BCUT2D eigenvalue weighted by Crippen LogP contribution is 1.91. The monoisotopic (exact) mass is 129 g/mol. The van der Waals surface area contributed by atoms with Gasteiger partial charge in [0, 0.05) is 13.2 Å². The normalized spacial score (nSPS) is 10.2. The molecule has 0 heterocycles. The van der Waals surface area contributed by atoms with Crippen LogP contribution >= 0.6 is 0 Å². The van der Waals surface area contributed by atoms with Crippen molar-refractivity contribution in [3.05, 3.63) is 0 Å². The van der Waals surface area contributed by atoms with Crippen molar-refractivity contribution in [1.82, 2.24) is 0 Å². The lowest BCUT2D eigenvalue weighted by Crippen LogP contribution is -2.22. The van der Waals surface area contributed by atoms with Crippen molar-refractivity contribution in [3.63, 3.8) is 0 Å². The van der Waals surface area contributed by atoms with Gasteiger partial charge in [-0.05, 0) is 13.8 Å². The lowest BCUT2D eigenvalue weighted by molar-refractivity contribution is -0.0823. The molecule has 0 aromatic carbocycles. The first-order chi connectivity index (χ1) is 4.35. The molecule has 0 saturated carbocycles. The first-order valence-corrected chi connectivity index (χ1v) is 3.37. The summed E-state index contributed by atoms with van der Waals surface area (Å²) in [6, 6.07) is 0. The summed E-state index contributed by atoms with van der Waals surface area (Å²) in [4.78, 5) is 0. The topological polar surface area (TPSA) is 18.5 Å². The van der Waals surface area contributed by atoms with Crippen LogP contribution in [0.5, 0.6) is 0 Å². The Bertz CT molecular complexity index is 53.0. The van der Waals surface area contributed by atoms with Gasteiger partial charge < -0.3 is 9.47 Å². The molecule has 0 atom stereocenters. The second-order valence-electron chi connectivity index (χ2n) is 1.61. The molecule has 0 spiro atoms. The van der Waals surface area contributed by atoms with E-state index in [-0.39, 0.29) is 6.19 Å². The smallest absolute Gasteiger partial charge is 0.183 e. The Morgan fingerprint density at radius 1 is 1.22 bits per heavy atom. The minimum Gasteiger partial charge on any atom is -0.362 e. The molecule has 0 aliphatic heterocycles.